The molecule has 5 nitrogen and oxygen atoms in total. The maximum absolute atomic E-state index is 9.73. The molecule has 120 valence electrons. The second-order valence-corrected chi connectivity index (χ2v) is 4.98. The normalized spacial score (nSPS) is 12.4. The van der Waals surface area contributed by atoms with Crippen molar-refractivity contribution in [3.8, 4) is 5.75 Å². The number of aliphatic hydroxyl groups is 1. The Hall–Kier alpha value is -0.850. The smallest absolute Gasteiger partial charge is 0.138 e. The van der Waals surface area contributed by atoms with Crippen LogP contribution in [0.1, 0.15) is 12.5 Å². The summed E-state index contributed by atoms with van der Waals surface area (Å²) >= 11 is 6.16. The number of methoxy groups -OCH3 is 1. The third kappa shape index (κ3) is 7.64. The summed E-state index contributed by atoms with van der Waals surface area (Å²) in [5.74, 6) is 0.563. The molecule has 0 saturated heterocycles. The van der Waals surface area contributed by atoms with Gasteiger partial charge in [0.2, 0.25) is 0 Å². The first-order valence-electron chi connectivity index (χ1n) is 7.04. The van der Waals surface area contributed by atoms with Gasteiger partial charge < -0.3 is 24.6 Å². The number of aliphatic hydroxyl groups excluding tert-OH is 1. The molecule has 0 bridgehead atoms. The molecule has 0 heterocycles. The highest BCUT2D eigenvalue weighted by Gasteiger charge is 2.08. The topological polar surface area (TPSA) is 60.0 Å². The summed E-state index contributed by atoms with van der Waals surface area (Å²) in [7, 11) is 1.60. The summed E-state index contributed by atoms with van der Waals surface area (Å²) in [6.07, 6.45) is -0.695. The monoisotopic (exact) mass is 317 g/mol. The van der Waals surface area contributed by atoms with E-state index in [9.17, 15) is 5.11 Å². The van der Waals surface area contributed by atoms with Gasteiger partial charge in [-0.3, -0.25) is 0 Å². The highest BCUT2D eigenvalue weighted by atomic mass is 35.5. The van der Waals surface area contributed by atoms with Crippen LogP contribution in [0.25, 0.3) is 0 Å². The third-order valence-corrected chi connectivity index (χ3v) is 3.04. The van der Waals surface area contributed by atoms with Crippen molar-refractivity contribution in [2.75, 3.05) is 40.1 Å². The Morgan fingerprint density at radius 3 is 2.76 bits per heavy atom. The average molecular weight is 318 g/mol. The van der Waals surface area contributed by atoms with E-state index in [-0.39, 0.29) is 13.2 Å². The summed E-state index contributed by atoms with van der Waals surface area (Å²) in [6, 6.07) is 5.62. The van der Waals surface area contributed by atoms with Gasteiger partial charge in [-0.25, -0.2) is 0 Å². The number of hydrogen-bond donors (Lipinski definition) is 2. The first-order valence-corrected chi connectivity index (χ1v) is 7.41. The molecule has 1 unspecified atom stereocenters. The minimum Gasteiger partial charge on any atom is -0.489 e. The van der Waals surface area contributed by atoms with Crippen LogP contribution in [0.15, 0.2) is 18.2 Å². The maximum atomic E-state index is 9.73. The molecule has 1 rings (SSSR count). The van der Waals surface area contributed by atoms with E-state index in [4.69, 9.17) is 25.8 Å². The number of halogens is 1. The Bertz CT molecular complexity index is 403. The van der Waals surface area contributed by atoms with Crippen LogP contribution < -0.4 is 10.1 Å². The molecule has 0 aliphatic rings. The lowest BCUT2D eigenvalue weighted by Crippen LogP contribution is -2.24. The van der Waals surface area contributed by atoms with Crippen LogP contribution in [0.2, 0.25) is 5.02 Å². The van der Waals surface area contributed by atoms with Gasteiger partial charge in [0.15, 0.2) is 0 Å². The maximum Gasteiger partial charge on any atom is 0.138 e. The number of ether oxygens (including phenoxy) is 3. The number of hydrogen-bond acceptors (Lipinski definition) is 5. The van der Waals surface area contributed by atoms with Gasteiger partial charge in [0.1, 0.15) is 18.5 Å². The fraction of sp³-hybridized carbons (Fsp3) is 0.600. The highest BCUT2D eigenvalue weighted by Crippen LogP contribution is 2.25. The van der Waals surface area contributed by atoms with E-state index in [1.165, 1.54) is 0 Å². The van der Waals surface area contributed by atoms with E-state index in [0.29, 0.717) is 24.0 Å². The fourth-order valence-electron chi connectivity index (χ4n) is 1.64. The lowest BCUT2D eigenvalue weighted by molar-refractivity contribution is -0.00418. The lowest BCUT2D eigenvalue weighted by atomic mass is 10.2. The van der Waals surface area contributed by atoms with Crippen molar-refractivity contribution in [1.82, 2.24) is 5.32 Å². The second kappa shape index (κ2) is 10.8. The number of benzene rings is 1. The van der Waals surface area contributed by atoms with Gasteiger partial charge in [-0.1, -0.05) is 24.6 Å². The standard InChI is InChI=1S/C15H24ClNO4/c1-3-17-9-12-4-5-15(14(16)8-12)21-11-13(18)10-20-7-6-19-2/h4-5,8,13,17-18H,3,6-7,9-11H2,1-2H3. The van der Waals surface area contributed by atoms with Crippen LogP contribution in [0.3, 0.4) is 0 Å². The Labute approximate surface area is 131 Å². The molecule has 1 aromatic rings. The summed E-state index contributed by atoms with van der Waals surface area (Å²) < 4.78 is 15.6. The fourth-order valence-corrected chi connectivity index (χ4v) is 1.89. The van der Waals surface area contributed by atoms with Crippen LogP contribution in [0.5, 0.6) is 5.75 Å². The van der Waals surface area contributed by atoms with Gasteiger partial charge in [0.05, 0.1) is 24.8 Å². The molecule has 0 aliphatic carbocycles. The van der Waals surface area contributed by atoms with Crippen LogP contribution in [-0.4, -0.2) is 51.3 Å². The zero-order chi connectivity index (χ0) is 15.5. The molecule has 21 heavy (non-hydrogen) atoms. The molecule has 0 saturated carbocycles. The summed E-state index contributed by atoms with van der Waals surface area (Å²) in [4.78, 5) is 0. The van der Waals surface area contributed by atoms with Gasteiger partial charge in [-0.15, -0.1) is 0 Å². The molecule has 0 fully saturated rings. The average Bonchev–Trinajstić information content (AvgIpc) is 2.48. The van der Waals surface area contributed by atoms with Gasteiger partial charge in [-0.05, 0) is 24.2 Å². The Kier molecular flexibility index (Phi) is 9.37. The van der Waals surface area contributed by atoms with E-state index >= 15 is 0 Å². The summed E-state index contributed by atoms with van der Waals surface area (Å²) in [5.41, 5.74) is 1.10. The predicted octanol–water partition coefficient (Wildman–Crippen LogP) is 1.85. The van der Waals surface area contributed by atoms with E-state index < -0.39 is 6.10 Å². The van der Waals surface area contributed by atoms with Gasteiger partial charge >= 0.3 is 0 Å². The first-order chi connectivity index (χ1) is 10.2. The van der Waals surface area contributed by atoms with Crippen LogP contribution in [-0.2, 0) is 16.0 Å². The minimum atomic E-state index is -0.695. The van der Waals surface area contributed by atoms with Gasteiger partial charge in [0.25, 0.3) is 0 Å². The molecule has 0 aliphatic heterocycles. The predicted molar refractivity (Wildman–Crippen MR) is 83.0 cm³/mol. The third-order valence-electron chi connectivity index (χ3n) is 2.75. The SMILES string of the molecule is CCNCc1ccc(OCC(O)COCCOC)c(Cl)c1. The van der Waals surface area contributed by atoms with Gasteiger partial charge in [0, 0.05) is 13.7 Å². The number of nitrogens with one attached hydrogen (secondary N) is 1. The Morgan fingerprint density at radius 2 is 2.10 bits per heavy atom. The molecule has 0 spiro atoms. The summed E-state index contributed by atoms with van der Waals surface area (Å²) in [6.45, 7) is 5.03. The van der Waals surface area contributed by atoms with Crippen molar-refractivity contribution < 1.29 is 19.3 Å². The van der Waals surface area contributed by atoms with Crippen LogP contribution >= 0.6 is 11.6 Å². The molecular formula is C15H24ClNO4. The van der Waals surface area contributed by atoms with Crippen molar-refractivity contribution in [3.63, 3.8) is 0 Å². The van der Waals surface area contributed by atoms with Crippen molar-refractivity contribution in [2.24, 2.45) is 0 Å². The van der Waals surface area contributed by atoms with Crippen LogP contribution in [0.4, 0.5) is 0 Å². The van der Waals surface area contributed by atoms with Gasteiger partial charge in [-0.2, -0.15) is 0 Å². The molecule has 6 heteroatoms. The van der Waals surface area contributed by atoms with Crippen LogP contribution in [0, 0.1) is 0 Å². The zero-order valence-corrected chi connectivity index (χ0v) is 13.4. The quantitative estimate of drug-likeness (QED) is 0.610. The summed E-state index contributed by atoms with van der Waals surface area (Å²) in [5, 5.41) is 13.5. The van der Waals surface area contributed by atoms with E-state index in [1.807, 2.05) is 18.2 Å². The molecule has 1 atom stereocenters. The minimum absolute atomic E-state index is 0.138. The van der Waals surface area contributed by atoms with Crippen molar-refractivity contribution in [1.29, 1.82) is 0 Å². The lowest BCUT2D eigenvalue weighted by Gasteiger charge is -2.14. The molecule has 0 amide bonds. The van der Waals surface area contributed by atoms with E-state index in [2.05, 4.69) is 12.2 Å². The molecule has 0 aromatic heterocycles. The molecule has 0 radical (unpaired) electrons. The van der Waals surface area contributed by atoms with E-state index in [0.717, 1.165) is 18.7 Å². The van der Waals surface area contributed by atoms with Crippen molar-refractivity contribution >= 4 is 11.6 Å². The van der Waals surface area contributed by atoms with Crippen molar-refractivity contribution in [2.45, 2.75) is 19.6 Å². The van der Waals surface area contributed by atoms with Crippen molar-refractivity contribution in [3.05, 3.63) is 28.8 Å². The Morgan fingerprint density at radius 1 is 1.29 bits per heavy atom. The van der Waals surface area contributed by atoms with E-state index in [1.54, 1.807) is 7.11 Å². The molecule has 2 N–H and O–H groups in total. The highest BCUT2D eigenvalue weighted by molar-refractivity contribution is 6.32. The Balaban J connectivity index is 2.34. The largest absolute Gasteiger partial charge is 0.489 e. The second-order valence-electron chi connectivity index (χ2n) is 4.58. The zero-order valence-electron chi connectivity index (χ0n) is 12.6. The first kappa shape index (κ1) is 18.2. The number of rotatable bonds is 11. The molecular weight excluding hydrogens is 294 g/mol. The molecule has 1 aromatic carbocycles.